The first-order valence-corrected chi connectivity index (χ1v) is 4.49. The Morgan fingerprint density at radius 2 is 1.73 bits per heavy atom. The molecule has 0 amide bonds. The second kappa shape index (κ2) is 12.2. The summed E-state index contributed by atoms with van der Waals surface area (Å²) in [6.45, 7) is 6.11. The van der Waals surface area contributed by atoms with Crippen molar-refractivity contribution in [2.75, 3.05) is 0 Å². The lowest BCUT2D eigenvalue weighted by Gasteiger charge is -1.92. The van der Waals surface area contributed by atoms with Crippen LogP contribution in [0, 0.1) is 0 Å². The Morgan fingerprint density at radius 3 is 2.09 bits per heavy atom. The lowest BCUT2D eigenvalue weighted by atomic mass is 10.2. The third-order valence-electron chi connectivity index (χ3n) is 1.24. The molecule has 68 valence electrons. The molecule has 0 unspecified atom stereocenters. The summed E-state index contributed by atoms with van der Waals surface area (Å²) in [5, 5.41) is 8.21. The molecule has 0 bridgehead atoms. The maximum atomic E-state index is 9.96. The molecule has 0 aliphatic heterocycles. The summed E-state index contributed by atoms with van der Waals surface area (Å²) in [5.41, 5.74) is 0. The van der Waals surface area contributed by atoms with E-state index in [1.807, 2.05) is 13.8 Å². The van der Waals surface area contributed by atoms with Crippen molar-refractivity contribution in [1.29, 1.82) is 0 Å². The first kappa shape index (κ1) is 13.1. The van der Waals surface area contributed by atoms with E-state index in [1.54, 1.807) is 0 Å². The number of carboxylic acids is 1. The molecular weight excluding hydrogens is 140 g/mol. The summed E-state index contributed by atoms with van der Waals surface area (Å²) < 4.78 is 0. The molecule has 2 heteroatoms. The van der Waals surface area contributed by atoms with Crippen molar-refractivity contribution in [3.8, 4) is 0 Å². The molecule has 2 nitrogen and oxygen atoms in total. The number of aliphatic carboxylic acids is 1. The van der Waals surface area contributed by atoms with Crippen molar-refractivity contribution in [3.63, 3.8) is 0 Å². The third-order valence-corrected chi connectivity index (χ3v) is 1.24. The van der Waals surface area contributed by atoms with Crippen LogP contribution in [0.4, 0.5) is 0 Å². The smallest absolute Gasteiger partial charge is 0.303 e. The number of carbonyl (C=O) groups is 1. The minimum atomic E-state index is -0.675. The quantitative estimate of drug-likeness (QED) is 0.627. The molecule has 0 aromatic rings. The van der Waals surface area contributed by atoms with Crippen LogP contribution in [0.3, 0.4) is 0 Å². The molecule has 0 aromatic carbocycles. The Bertz CT molecular complexity index is 79.6. The highest BCUT2D eigenvalue weighted by Gasteiger charge is 1.93. The highest BCUT2D eigenvalue weighted by atomic mass is 16.4. The van der Waals surface area contributed by atoms with E-state index in [4.69, 9.17) is 5.11 Å². The largest absolute Gasteiger partial charge is 0.481 e. The van der Waals surface area contributed by atoms with E-state index in [1.165, 1.54) is 6.42 Å². The molecule has 0 heterocycles. The molecule has 0 saturated carbocycles. The summed E-state index contributed by atoms with van der Waals surface area (Å²) in [4.78, 5) is 9.96. The van der Waals surface area contributed by atoms with E-state index in [0.717, 1.165) is 19.3 Å². The molecule has 0 fully saturated rings. The monoisotopic (exact) mass is 160 g/mol. The Morgan fingerprint density at radius 1 is 1.18 bits per heavy atom. The topological polar surface area (TPSA) is 37.3 Å². The lowest BCUT2D eigenvalue weighted by molar-refractivity contribution is -0.137. The summed E-state index contributed by atoms with van der Waals surface area (Å²) >= 11 is 0. The van der Waals surface area contributed by atoms with Gasteiger partial charge in [-0.25, -0.2) is 0 Å². The van der Waals surface area contributed by atoms with Crippen LogP contribution in [0.5, 0.6) is 0 Å². The molecule has 0 rings (SSSR count). The molecule has 0 atom stereocenters. The molecule has 0 radical (unpaired) electrons. The zero-order valence-corrected chi connectivity index (χ0v) is 7.89. The van der Waals surface area contributed by atoms with Crippen molar-refractivity contribution >= 4 is 5.97 Å². The molecule has 0 aromatic heterocycles. The second-order valence-electron chi connectivity index (χ2n) is 2.20. The van der Waals surface area contributed by atoms with Crippen LogP contribution in [-0.2, 0) is 4.79 Å². The van der Waals surface area contributed by atoms with Crippen molar-refractivity contribution < 1.29 is 9.90 Å². The van der Waals surface area contributed by atoms with Crippen LogP contribution in [0.25, 0.3) is 0 Å². The van der Waals surface area contributed by atoms with E-state index >= 15 is 0 Å². The van der Waals surface area contributed by atoms with Gasteiger partial charge in [-0.15, -0.1) is 0 Å². The number of hydrogen-bond acceptors (Lipinski definition) is 1. The van der Waals surface area contributed by atoms with Crippen LogP contribution in [0.15, 0.2) is 0 Å². The SMILES string of the molecule is CC.CCCCCCC(=O)O. The van der Waals surface area contributed by atoms with Crippen molar-refractivity contribution in [1.82, 2.24) is 0 Å². The van der Waals surface area contributed by atoms with E-state index < -0.39 is 5.97 Å². The first-order valence-electron chi connectivity index (χ1n) is 4.49. The highest BCUT2D eigenvalue weighted by Crippen LogP contribution is 2.01. The normalized spacial score (nSPS) is 8.27. The van der Waals surface area contributed by atoms with E-state index in [-0.39, 0.29) is 0 Å². The molecule has 0 aliphatic rings. The van der Waals surface area contributed by atoms with E-state index in [0.29, 0.717) is 6.42 Å². The van der Waals surface area contributed by atoms with E-state index in [9.17, 15) is 4.79 Å². The zero-order chi connectivity index (χ0) is 9.11. The van der Waals surface area contributed by atoms with Gasteiger partial charge in [0.05, 0.1) is 0 Å². The summed E-state index contributed by atoms with van der Waals surface area (Å²) in [6, 6.07) is 0. The standard InChI is InChI=1S/C7H14O2.C2H6/c1-2-3-4-5-6-7(8)9;1-2/h2-6H2,1H3,(H,8,9);1-2H3. The van der Waals surface area contributed by atoms with Crippen LogP contribution in [0.1, 0.15) is 52.9 Å². The van der Waals surface area contributed by atoms with Gasteiger partial charge in [-0.05, 0) is 6.42 Å². The summed E-state index contributed by atoms with van der Waals surface area (Å²) in [6.07, 6.45) is 4.55. The molecule has 0 spiro atoms. The van der Waals surface area contributed by atoms with Gasteiger partial charge in [-0.2, -0.15) is 0 Å². The van der Waals surface area contributed by atoms with Crippen LogP contribution < -0.4 is 0 Å². The Labute approximate surface area is 69.6 Å². The highest BCUT2D eigenvalue weighted by molar-refractivity contribution is 5.66. The third kappa shape index (κ3) is 17.7. The van der Waals surface area contributed by atoms with Crippen LogP contribution in [-0.4, -0.2) is 11.1 Å². The fourth-order valence-corrected chi connectivity index (χ4v) is 0.703. The number of carboxylic acid groups (broad SMARTS) is 1. The average Bonchev–Trinajstić information content (AvgIpc) is 2.02. The maximum Gasteiger partial charge on any atom is 0.303 e. The fourth-order valence-electron chi connectivity index (χ4n) is 0.703. The van der Waals surface area contributed by atoms with E-state index in [2.05, 4.69) is 6.92 Å². The van der Waals surface area contributed by atoms with Crippen molar-refractivity contribution in [2.24, 2.45) is 0 Å². The molecule has 0 aliphatic carbocycles. The number of unbranched alkanes of at least 4 members (excludes halogenated alkanes) is 3. The minimum Gasteiger partial charge on any atom is -0.481 e. The van der Waals surface area contributed by atoms with Crippen LogP contribution in [0.2, 0.25) is 0 Å². The van der Waals surface area contributed by atoms with Crippen molar-refractivity contribution in [3.05, 3.63) is 0 Å². The lowest BCUT2D eigenvalue weighted by Crippen LogP contribution is -1.92. The van der Waals surface area contributed by atoms with Gasteiger partial charge in [-0.1, -0.05) is 40.0 Å². The number of rotatable bonds is 5. The van der Waals surface area contributed by atoms with Gasteiger partial charge in [0.25, 0.3) is 0 Å². The molecule has 1 N–H and O–H groups in total. The van der Waals surface area contributed by atoms with Gasteiger partial charge >= 0.3 is 5.97 Å². The van der Waals surface area contributed by atoms with Gasteiger partial charge in [0, 0.05) is 6.42 Å². The van der Waals surface area contributed by atoms with Gasteiger partial charge in [-0.3, -0.25) is 4.79 Å². The predicted molar refractivity (Wildman–Crippen MR) is 47.7 cm³/mol. The molecule has 0 saturated heterocycles. The summed E-state index contributed by atoms with van der Waals surface area (Å²) in [7, 11) is 0. The fraction of sp³-hybridized carbons (Fsp3) is 0.889. The minimum absolute atomic E-state index is 0.333. The zero-order valence-electron chi connectivity index (χ0n) is 7.89. The molecular formula is C9H20O2. The Kier molecular flexibility index (Phi) is 14.5. The Hall–Kier alpha value is -0.530. The van der Waals surface area contributed by atoms with Gasteiger partial charge < -0.3 is 5.11 Å². The van der Waals surface area contributed by atoms with Gasteiger partial charge in [0.2, 0.25) is 0 Å². The molecule has 11 heavy (non-hydrogen) atoms. The predicted octanol–water partition coefficient (Wildman–Crippen LogP) is 3.07. The Balaban J connectivity index is 0. The number of hydrogen-bond donors (Lipinski definition) is 1. The van der Waals surface area contributed by atoms with Crippen LogP contribution >= 0.6 is 0 Å². The van der Waals surface area contributed by atoms with Crippen molar-refractivity contribution in [2.45, 2.75) is 52.9 Å². The van der Waals surface area contributed by atoms with Gasteiger partial charge in [0.15, 0.2) is 0 Å². The first-order chi connectivity index (χ1) is 5.27. The van der Waals surface area contributed by atoms with Gasteiger partial charge in [0.1, 0.15) is 0 Å². The maximum absolute atomic E-state index is 9.96. The second-order valence-corrected chi connectivity index (χ2v) is 2.20. The summed E-state index contributed by atoms with van der Waals surface area (Å²) in [5.74, 6) is -0.675. The average molecular weight is 160 g/mol.